The third-order valence-corrected chi connectivity index (χ3v) is 5.82. The fraction of sp³-hybridized carbons (Fsp3) is 0.333. The van der Waals surface area contributed by atoms with Gasteiger partial charge in [-0.3, -0.25) is 4.79 Å². The molecule has 1 fully saturated rings. The molecule has 0 spiro atoms. The molecule has 0 bridgehead atoms. The number of carbonyl (C=O) groups is 2. The molecule has 1 aromatic heterocycles. The van der Waals surface area contributed by atoms with E-state index in [0.29, 0.717) is 32.5 Å². The van der Waals surface area contributed by atoms with E-state index in [1.54, 1.807) is 17.0 Å². The van der Waals surface area contributed by atoms with E-state index < -0.39 is 5.82 Å². The monoisotopic (exact) mass is 422 g/mol. The number of urea groups is 1. The summed E-state index contributed by atoms with van der Waals surface area (Å²) < 4.78 is 13.9. The van der Waals surface area contributed by atoms with E-state index in [9.17, 15) is 14.0 Å². The van der Waals surface area contributed by atoms with Crippen LogP contribution in [0.1, 0.15) is 34.3 Å². The maximum absolute atomic E-state index is 13.9. The summed E-state index contributed by atoms with van der Waals surface area (Å²) in [6, 6.07) is 12.1. The maximum Gasteiger partial charge on any atom is 0.315 e. The molecule has 1 aliphatic heterocycles. The molecular weight excluding hydrogens is 395 g/mol. The lowest BCUT2D eigenvalue weighted by molar-refractivity contribution is 0.0703. The number of piperidine rings is 1. The number of H-pyrrole nitrogens is 1. The zero-order valence-corrected chi connectivity index (χ0v) is 17.6. The van der Waals surface area contributed by atoms with Gasteiger partial charge in [0.15, 0.2) is 0 Å². The fourth-order valence-corrected chi connectivity index (χ4v) is 4.09. The van der Waals surface area contributed by atoms with Gasteiger partial charge in [-0.15, -0.1) is 0 Å². The van der Waals surface area contributed by atoms with Crippen LogP contribution < -0.4 is 10.6 Å². The summed E-state index contributed by atoms with van der Waals surface area (Å²) in [6.45, 7) is 3.59. The Morgan fingerprint density at radius 1 is 1.16 bits per heavy atom. The molecular formula is C24H27FN4O2. The van der Waals surface area contributed by atoms with Gasteiger partial charge in [0.25, 0.3) is 5.91 Å². The Morgan fingerprint density at radius 2 is 1.94 bits per heavy atom. The van der Waals surface area contributed by atoms with Gasteiger partial charge < -0.3 is 20.5 Å². The van der Waals surface area contributed by atoms with Crippen molar-refractivity contribution in [2.24, 2.45) is 0 Å². The minimum atomic E-state index is -0.502. The molecule has 1 aliphatic rings. The average molecular weight is 423 g/mol. The van der Waals surface area contributed by atoms with Crippen molar-refractivity contribution in [2.75, 3.05) is 19.6 Å². The van der Waals surface area contributed by atoms with Crippen LogP contribution in [0.15, 0.2) is 48.7 Å². The summed E-state index contributed by atoms with van der Waals surface area (Å²) in [7, 11) is 0. The molecule has 0 radical (unpaired) electrons. The van der Waals surface area contributed by atoms with Gasteiger partial charge in [-0.05, 0) is 55.5 Å². The number of likely N-dealkylation sites (tertiary alicyclic amines) is 1. The summed E-state index contributed by atoms with van der Waals surface area (Å²) in [6.07, 6.45) is 4.03. The van der Waals surface area contributed by atoms with E-state index in [4.69, 9.17) is 0 Å². The highest BCUT2D eigenvalue weighted by atomic mass is 19.1. The highest BCUT2D eigenvalue weighted by Gasteiger charge is 2.25. The molecule has 0 atom stereocenters. The Morgan fingerprint density at radius 3 is 2.71 bits per heavy atom. The topological polar surface area (TPSA) is 77.2 Å². The molecule has 7 heteroatoms. The number of aryl methyl sites for hydroxylation is 1. The number of amides is 3. The summed E-state index contributed by atoms with van der Waals surface area (Å²) in [5.41, 5.74) is 3.59. The Balaban J connectivity index is 1.21. The minimum Gasteiger partial charge on any atom is -0.361 e. The minimum absolute atomic E-state index is 0.000680. The van der Waals surface area contributed by atoms with Crippen LogP contribution in [0.3, 0.4) is 0 Å². The normalized spacial score (nSPS) is 14.6. The fourth-order valence-electron chi connectivity index (χ4n) is 4.09. The number of hydrogen-bond donors (Lipinski definition) is 3. The lowest BCUT2D eigenvalue weighted by atomic mass is 10.0. The van der Waals surface area contributed by atoms with Gasteiger partial charge in [0.2, 0.25) is 0 Å². The first-order valence-corrected chi connectivity index (χ1v) is 10.7. The second-order valence-electron chi connectivity index (χ2n) is 8.06. The van der Waals surface area contributed by atoms with E-state index in [1.165, 1.54) is 28.6 Å². The van der Waals surface area contributed by atoms with Crippen LogP contribution in [0.4, 0.5) is 9.18 Å². The third kappa shape index (κ3) is 4.87. The first-order valence-electron chi connectivity index (χ1n) is 10.7. The zero-order chi connectivity index (χ0) is 21.8. The smallest absolute Gasteiger partial charge is 0.315 e. The Hall–Kier alpha value is -3.35. The van der Waals surface area contributed by atoms with Gasteiger partial charge in [0.1, 0.15) is 5.82 Å². The Kier molecular flexibility index (Phi) is 6.21. The molecule has 3 amide bonds. The standard InChI is InChI=1S/C24H27FN4O2/c1-16-6-7-19-17(15-27-22(19)14-16)8-11-26-24(31)28-18-9-12-29(13-10-18)23(30)20-4-2-3-5-21(20)25/h2-7,14-15,18,27H,8-13H2,1H3,(H2,26,28,31). The van der Waals surface area contributed by atoms with E-state index >= 15 is 0 Å². The molecule has 162 valence electrons. The number of nitrogens with one attached hydrogen (secondary N) is 3. The van der Waals surface area contributed by atoms with Crippen molar-refractivity contribution in [1.82, 2.24) is 20.5 Å². The molecule has 2 aromatic carbocycles. The summed E-state index contributed by atoms with van der Waals surface area (Å²) in [5.74, 6) is -0.799. The number of aromatic nitrogens is 1. The first-order chi connectivity index (χ1) is 15.0. The summed E-state index contributed by atoms with van der Waals surface area (Å²) in [5, 5.41) is 7.08. The molecule has 3 N–H and O–H groups in total. The van der Waals surface area contributed by atoms with Crippen LogP contribution in [0, 0.1) is 12.7 Å². The predicted octanol–water partition coefficient (Wildman–Crippen LogP) is 3.76. The molecule has 1 saturated heterocycles. The number of rotatable bonds is 5. The number of aromatic amines is 1. The van der Waals surface area contributed by atoms with Crippen LogP contribution in [0.5, 0.6) is 0 Å². The third-order valence-electron chi connectivity index (χ3n) is 5.82. The number of nitrogens with zero attached hydrogens (tertiary/aromatic N) is 1. The number of halogens is 1. The summed E-state index contributed by atoms with van der Waals surface area (Å²) >= 11 is 0. The lowest BCUT2D eigenvalue weighted by Gasteiger charge is -2.32. The van der Waals surface area contributed by atoms with E-state index in [1.807, 2.05) is 6.20 Å². The molecule has 6 nitrogen and oxygen atoms in total. The second-order valence-corrected chi connectivity index (χ2v) is 8.06. The van der Waals surface area contributed by atoms with Crippen LogP contribution in [-0.2, 0) is 6.42 Å². The molecule has 0 aliphatic carbocycles. The van der Waals surface area contributed by atoms with Crippen LogP contribution >= 0.6 is 0 Å². The van der Waals surface area contributed by atoms with Gasteiger partial charge in [0.05, 0.1) is 5.56 Å². The van der Waals surface area contributed by atoms with Crippen molar-refractivity contribution in [2.45, 2.75) is 32.2 Å². The van der Waals surface area contributed by atoms with E-state index in [2.05, 4.69) is 40.7 Å². The van der Waals surface area contributed by atoms with E-state index in [-0.39, 0.29) is 23.5 Å². The molecule has 0 unspecified atom stereocenters. The van der Waals surface area contributed by atoms with Crippen molar-refractivity contribution in [3.63, 3.8) is 0 Å². The number of fused-ring (bicyclic) bond motifs is 1. The van der Waals surface area contributed by atoms with Gasteiger partial charge in [-0.2, -0.15) is 0 Å². The first kappa shape index (κ1) is 20.9. The molecule has 4 rings (SSSR count). The molecule has 0 saturated carbocycles. The maximum atomic E-state index is 13.9. The number of hydrogen-bond acceptors (Lipinski definition) is 2. The van der Waals surface area contributed by atoms with E-state index in [0.717, 1.165) is 11.9 Å². The predicted molar refractivity (Wildman–Crippen MR) is 119 cm³/mol. The average Bonchev–Trinajstić information content (AvgIpc) is 3.16. The van der Waals surface area contributed by atoms with Crippen molar-refractivity contribution in [1.29, 1.82) is 0 Å². The van der Waals surface area contributed by atoms with Crippen LogP contribution in [0.2, 0.25) is 0 Å². The van der Waals surface area contributed by atoms with Gasteiger partial charge in [0, 0.05) is 42.8 Å². The zero-order valence-electron chi connectivity index (χ0n) is 17.6. The van der Waals surface area contributed by atoms with Crippen molar-refractivity contribution < 1.29 is 14.0 Å². The van der Waals surface area contributed by atoms with Crippen LogP contribution in [-0.4, -0.2) is 47.5 Å². The summed E-state index contributed by atoms with van der Waals surface area (Å²) in [4.78, 5) is 29.7. The number of benzene rings is 2. The van der Waals surface area contributed by atoms with Crippen molar-refractivity contribution in [3.05, 3.63) is 71.2 Å². The van der Waals surface area contributed by atoms with Crippen LogP contribution in [0.25, 0.3) is 10.9 Å². The highest BCUT2D eigenvalue weighted by Crippen LogP contribution is 2.20. The molecule has 2 heterocycles. The Bertz CT molecular complexity index is 1090. The van der Waals surface area contributed by atoms with Gasteiger partial charge in [-0.1, -0.05) is 24.3 Å². The second kappa shape index (κ2) is 9.20. The molecule has 31 heavy (non-hydrogen) atoms. The largest absolute Gasteiger partial charge is 0.361 e. The van der Waals surface area contributed by atoms with Gasteiger partial charge in [-0.25, -0.2) is 9.18 Å². The van der Waals surface area contributed by atoms with Crippen molar-refractivity contribution >= 4 is 22.8 Å². The van der Waals surface area contributed by atoms with Gasteiger partial charge >= 0.3 is 6.03 Å². The quantitative estimate of drug-likeness (QED) is 0.586. The highest BCUT2D eigenvalue weighted by molar-refractivity contribution is 5.94. The molecule has 3 aromatic rings. The number of carbonyl (C=O) groups excluding carboxylic acids is 2. The SMILES string of the molecule is Cc1ccc2c(CCNC(=O)NC3CCN(C(=O)c4ccccc4F)CC3)c[nH]c2c1. The van der Waals surface area contributed by atoms with Crippen molar-refractivity contribution in [3.8, 4) is 0 Å². The Labute approximate surface area is 180 Å². The lowest BCUT2D eigenvalue weighted by Crippen LogP contribution is -2.49.